The summed E-state index contributed by atoms with van der Waals surface area (Å²) in [7, 11) is 10.6. The van der Waals surface area contributed by atoms with Gasteiger partial charge in [0.2, 0.25) is 12.7 Å². The molecule has 0 unspecified atom stereocenters. The number of tetrazole rings is 1. The maximum Gasteiger partial charge on any atom is 0.242 e. The van der Waals surface area contributed by atoms with Crippen LogP contribution >= 0.6 is 0 Å². The molecular weight excluding hydrogens is 1030 g/mol. The van der Waals surface area contributed by atoms with E-state index in [9.17, 15) is 0 Å². The number of hydrogen-bond donors (Lipinski definition) is 0. The van der Waals surface area contributed by atoms with Crippen molar-refractivity contribution in [1.29, 1.82) is 0 Å². The number of rotatable bonds is 11. The molecule has 10 rings (SSSR count). The summed E-state index contributed by atoms with van der Waals surface area (Å²) in [4.78, 5) is 4.02. The Hall–Kier alpha value is -8.19. The second-order valence-electron chi connectivity index (χ2n) is 14.7. The van der Waals surface area contributed by atoms with Crippen molar-refractivity contribution in [2.75, 3.05) is 28.4 Å². The number of methoxy groups -OCH3 is 4. The molecule has 13 nitrogen and oxygen atoms in total. The van der Waals surface area contributed by atoms with Gasteiger partial charge in [0.25, 0.3) is 0 Å². The summed E-state index contributed by atoms with van der Waals surface area (Å²) in [5, 5.41) is 14.0. The number of ether oxygens (including phenoxy) is 4. The first-order valence-electron chi connectivity index (χ1n) is 21.1. The van der Waals surface area contributed by atoms with Crippen LogP contribution in [0.25, 0.3) is 67.9 Å². The molecule has 0 saturated heterocycles. The van der Waals surface area contributed by atoms with Gasteiger partial charge >= 0.3 is 0 Å². The van der Waals surface area contributed by atoms with E-state index in [1.54, 1.807) is 40.7 Å². The van der Waals surface area contributed by atoms with E-state index in [1.165, 1.54) is 0 Å². The van der Waals surface area contributed by atoms with Gasteiger partial charge in [-0.25, -0.2) is 0 Å². The average Bonchev–Trinajstić information content (AvgIpc) is 4.15. The summed E-state index contributed by atoms with van der Waals surface area (Å²) in [6.45, 7) is 0. The molecule has 0 aliphatic heterocycles. The van der Waals surface area contributed by atoms with Crippen LogP contribution in [0.1, 0.15) is 0 Å². The van der Waals surface area contributed by atoms with Crippen LogP contribution in [-0.4, -0.2) is 58.1 Å². The molecule has 10 aromatic rings. The van der Waals surface area contributed by atoms with Crippen LogP contribution in [-0.2, 0) is 34.2 Å². The second-order valence-corrected chi connectivity index (χ2v) is 14.7. The number of pyridine rings is 1. The van der Waals surface area contributed by atoms with E-state index in [0.717, 1.165) is 56.4 Å². The Morgan fingerprint density at radius 3 is 1.28 bits per heavy atom. The van der Waals surface area contributed by atoms with Gasteiger partial charge in [0.15, 0.2) is 0 Å². The van der Waals surface area contributed by atoms with Crippen molar-refractivity contribution >= 4 is 0 Å². The third-order valence-corrected chi connectivity index (χ3v) is 10.5. The van der Waals surface area contributed by atoms with Crippen LogP contribution < -0.4 is 33.2 Å². The van der Waals surface area contributed by atoms with E-state index in [2.05, 4.69) is 98.9 Å². The van der Waals surface area contributed by atoms with E-state index < -0.39 is 0 Å². The Bertz CT molecular complexity index is 2950. The molecule has 4 heterocycles. The molecular formula is C54H46IrN9O4-3. The van der Waals surface area contributed by atoms with Gasteiger partial charge in [0, 0.05) is 49.3 Å². The minimum Gasteiger partial charge on any atom is -0.560 e. The smallest absolute Gasteiger partial charge is 0.242 e. The van der Waals surface area contributed by atoms with Crippen LogP contribution in [0.2, 0.25) is 0 Å². The maximum atomic E-state index is 5.63. The molecule has 14 heteroatoms. The van der Waals surface area contributed by atoms with Gasteiger partial charge in [-0.15, -0.1) is 12.1 Å². The van der Waals surface area contributed by atoms with Gasteiger partial charge in [-0.1, -0.05) is 140 Å². The third-order valence-electron chi connectivity index (χ3n) is 10.5. The molecule has 0 spiro atoms. The minimum absolute atomic E-state index is 0. The topological polar surface area (TPSA) is 120 Å². The maximum absolute atomic E-state index is 5.63. The Kier molecular flexibility index (Phi) is 16.0. The molecule has 0 atom stereocenters. The van der Waals surface area contributed by atoms with E-state index in [0.29, 0.717) is 34.5 Å². The fourth-order valence-corrected chi connectivity index (χ4v) is 7.47. The number of nitrogens with zero attached hydrogens (tertiary/aromatic N) is 9. The number of aromatic nitrogens is 9. The monoisotopic (exact) mass is 1080 g/mol. The Morgan fingerprint density at radius 2 is 0.926 bits per heavy atom. The Morgan fingerprint density at radius 1 is 0.515 bits per heavy atom. The van der Waals surface area contributed by atoms with Crippen molar-refractivity contribution in [3.63, 3.8) is 0 Å². The third kappa shape index (κ3) is 10.6. The number of aryl methyl sites for hydroxylation is 2. The molecule has 4 aromatic heterocycles. The number of imidazole rings is 2. The van der Waals surface area contributed by atoms with Crippen molar-refractivity contribution < 1.29 is 48.2 Å². The molecule has 343 valence electrons. The van der Waals surface area contributed by atoms with E-state index in [1.807, 2.05) is 142 Å². The number of hydrogen-bond acceptors (Lipinski definition) is 8. The minimum atomic E-state index is 0. The first-order chi connectivity index (χ1) is 32.9. The van der Waals surface area contributed by atoms with Gasteiger partial charge in [0.1, 0.15) is 0 Å². The van der Waals surface area contributed by atoms with Crippen LogP contribution in [0.5, 0.6) is 23.0 Å². The molecule has 0 N–H and O–H groups in total. The summed E-state index contributed by atoms with van der Waals surface area (Å²) in [6, 6.07) is 60.6. The molecule has 0 fully saturated rings. The molecule has 0 aliphatic carbocycles. The zero-order valence-electron chi connectivity index (χ0n) is 38.2. The van der Waals surface area contributed by atoms with Gasteiger partial charge < -0.3 is 42.3 Å². The Labute approximate surface area is 409 Å². The normalized spacial score (nSPS) is 10.4. The van der Waals surface area contributed by atoms with Gasteiger partial charge in [-0.3, -0.25) is 15.3 Å². The second kappa shape index (κ2) is 22.8. The van der Waals surface area contributed by atoms with Gasteiger partial charge in [0.05, 0.1) is 76.8 Å². The quantitative estimate of drug-likeness (QED) is 0.0930. The fraction of sp³-hybridized carbons (Fsp3) is 0.111. The van der Waals surface area contributed by atoms with Crippen LogP contribution in [0.4, 0.5) is 0 Å². The summed E-state index contributed by atoms with van der Waals surface area (Å²) in [5.74, 6) is 3.19. The van der Waals surface area contributed by atoms with Crippen molar-refractivity contribution in [1.82, 2.24) is 34.7 Å². The molecule has 6 aromatic carbocycles. The Balaban J connectivity index is 0.000000163. The zero-order valence-corrected chi connectivity index (χ0v) is 40.6. The fourth-order valence-electron chi connectivity index (χ4n) is 7.47. The van der Waals surface area contributed by atoms with Crippen molar-refractivity contribution in [3.8, 4) is 90.9 Å². The van der Waals surface area contributed by atoms with Crippen LogP contribution in [0, 0.1) is 24.8 Å². The molecule has 0 bridgehead atoms. The average molecular weight is 1080 g/mol. The number of benzene rings is 6. The summed E-state index contributed by atoms with van der Waals surface area (Å²) < 4.78 is 29.9. The van der Waals surface area contributed by atoms with Gasteiger partial charge in [-0.05, 0) is 45.8 Å². The predicted octanol–water partition coefficient (Wildman–Crippen LogP) is 8.40. The summed E-state index contributed by atoms with van der Waals surface area (Å²) in [5.41, 5.74) is 10.8. The SMILES string of the molecule is COc1c[c-]c(-n2[c-][n+](C)c(-c3ccccc3)c2-c2ccccc2)c(OC)c1.COc1c[c-]c(-n2[c-][n+](C)c(-c3ccccc3)c2-c2ccccc2)c(OC)c1.[Ir].c1ccc(-c2nnn[n-]2)nc1. The largest absolute Gasteiger partial charge is 0.560 e. The van der Waals surface area contributed by atoms with Gasteiger partial charge in [-0.2, -0.15) is 17.3 Å². The predicted molar refractivity (Wildman–Crippen MR) is 254 cm³/mol. The molecule has 0 saturated carbocycles. The van der Waals surface area contributed by atoms with Crippen LogP contribution in [0.3, 0.4) is 0 Å². The zero-order chi connectivity index (χ0) is 46.5. The van der Waals surface area contributed by atoms with Crippen molar-refractivity contribution in [2.45, 2.75) is 0 Å². The standard InChI is InChI=1S/2C24H21N2O2.C6H4N5.Ir/c2*1-25-17-26(21-15-14-20(27-2)16-22(21)28-3)24(19-12-8-5-9-13-19)23(25)18-10-6-4-7-11-18;1-2-4-7-5(3-1)6-8-10-11-9-6;/h2*4-14,16H,1-3H3;1-4H;/q3*-1;. The van der Waals surface area contributed by atoms with E-state index in [4.69, 9.17) is 18.9 Å². The van der Waals surface area contributed by atoms with E-state index >= 15 is 0 Å². The summed E-state index contributed by atoms with van der Waals surface area (Å²) >= 11 is 0. The first-order valence-corrected chi connectivity index (χ1v) is 21.1. The van der Waals surface area contributed by atoms with Crippen molar-refractivity contribution in [2.24, 2.45) is 14.1 Å². The molecule has 68 heavy (non-hydrogen) atoms. The summed E-state index contributed by atoms with van der Waals surface area (Å²) in [6.07, 6.45) is 8.51. The van der Waals surface area contributed by atoms with Crippen molar-refractivity contribution in [3.05, 3.63) is 195 Å². The van der Waals surface area contributed by atoms with Crippen LogP contribution in [0.15, 0.2) is 170 Å². The van der Waals surface area contributed by atoms with E-state index in [-0.39, 0.29) is 20.1 Å². The molecule has 1 radical (unpaired) electrons. The molecule has 0 amide bonds. The first kappa shape index (κ1) is 47.8. The molecule has 0 aliphatic rings.